The van der Waals surface area contributed by atoms with E-state index in [1.54, 1.807) is 0 Å². The van der Waals surface area contributed by atoms with Gasteiger partial charge in [-0.2, -0.15) is 0 Å². The minimum atomic E-state index is 0.251. The van der Waals surface area contributed by atoms with Gasteiger partial charge in [0.1, 0.15) is 0 Å². The molecule has 2 N–H and O–H groups in total. The first-order chi connectivity index (χ1) is 9.29. The fourth-order valence-electron chi connectivity index (χ4n) is 2.46. The van der Waals surface area contributed by atoms with Crippen molar-refractivity contribution in [3.05, 3.63) is 35.9 Å². The monoisotopic (exact) mass is 260 g/mol. The first kappa shape index (κ1) is 14.1. The smallest absolute Gasteiger partial charge is 0.222 e. The van der Waals surface area contributed by atoms with Gasteiger partial charge in [0.15, 0.2) is 0 Å². The summed E-state index contributed by atoms with van der Waals surface area (Å²) in [5, 5.41) is 0. The Hall–Kier alpha value is -1.35. The second-order valence-electron chi connectivity index (χ2n) is 5.45. The lowest BCUT2D eigenvalue weighted by atomic mass is 9.85. The summed E-state index contributed by atoms with van der Waals surface area (Å²) in [4.78, 5) is 14.3. The van der Waals surface area contributed by atoms with Crippen molar-refractivity contribution in [2.45, 2.75) is 38.6 Å². The molecule has 1 amide bonds. The van der Waals surface area contributed by atoms with E-state index in [2.05, 4.69) is 12.1 Å². The van der Waals surface area contributed by atoms with Crippen LogP contribution in [0.15, 0.2) is 30.3 Å². The predicted octanol–water partition coefficient (Wildman–Crippen LogP) is 2.55. The highest BCUT2D eigenvalue weighted by Crippen LogP contribution is 2.27. The molecule has 1 saturated carbocycles. The van der Waals surface area contributed by atoms with E-state index < -0.39 is 0 Å². The number of hydrogen-bond acceptors (Lipinski definition) is 2. The fourth-order valence-corrected chi connectivity index (χ4v) is 2.46. The van der Waals surface area contributed by atoms with Crippen molar-refractivity contribution >= 4 is 5.91 Å². The van der Waals surface area contributed by atoms with Crippen molar-refractivity contribution in [3.63, 3.8) is 0 Å². The Labute approximate surface area is 115 Å². The van der Waals surface area contributed by atoms with Crippen molar-refractivity contribution in [2.24, 2.45) is 11.7 Å². The molecule has 0 bridgehead atoms. The average molecular weight is 260 g/mol. The maximum absolute atomic E-state index is 12.3. The number of carbonyl (C=O) groups excluding carboxylic acids is 1. The highest BCUT2D eigenvalue weighted by Gasteiger charge is 2.23. The third kappa shape index (κ3) is 4.35. The second-order valence-corrected chi connectivity index (χ2v) is 5.45. The van der Waals surface area contributed by atoms with E-state index in [1.807, 2.05) is 23.1 Å². The zero-order chi connectivity index (χ0) is 13.5. The van der Waals surface area contributed by atoms with Crippen LogP contribution in [0.4, 0.5) is 0 Å². The Morgan fingerprint density at radius 2 is 2.00 bits per heavy atom. The van der Waals surface area contributed by atoms with Crippen LogP contribution in [0.1, 0.15) is 37.7 Å². The van der Waals surface area contributed by atoms with Gasteiger partial charge in [0.25, 0.3) is 0 Å². The molecule has 1 aliphatic carbocycles. The lowest BCUT2D eigenvalue weighted by molar-refractivity contribution is -0.133. The van der Waals surface area contributed by atoms with Crippen LogP contribution < -0.4 is 5.73 Å². The largest absolute Gasteiger partial charge is 0.338 e. The number of benzene rings is 1. The molecule has 1 aromatic carbocycles. The van der Waals surface area contributed by atoms with E-state index in [9.17, 15) is 4.79 Å². The molecule has 0 unspecified atom stereocenters. The minimum absolute atomic E-state index is 0.251. The molecule has 0 saturated heterocycles. The lowest BCUT2D eigenvalue weighted by Gasteiger charge is -2.32. The Morgan fingerprint density at radius 1 is 1.26 bits per heavy atom. The summed E-state index contributed by atoms with van der Waals surface area (Å²) in [5.74, 6) is 0.965. The maximum Gasteiger partial charge on any atom is 0.222 e. The minimum Gasteiger partial charge on any atom is -0.338 e. The van der Waals surface area contributed by atoms with Crippen LogP contribution in [0.5, 0.6) is 0 Å². The summed E-state index contributed by atoms with van der Waals surface area (Å²) in [6.45, 7) is 2.24. The third-order valence-electron chi connectivity index (χ3n) is 3.87. The van der Waals surface area contributed by atoms with Gasteiger partial charge in [-0.1, -0.05) is 36.8 Å². The van der Waals surface area contributed by atoms with E-state index in [0.717, 1.165) is 19.5 Å². The Bertz CT molecular complexity index is 387. The van der Waals surface area contributed by atoms with Crippen LogP contribution in [-0.2, 0) is 11.3 Å². The predicted molar refractivity (Wildman–Crippen MR) is 77.5 cm³/mol. The SMILES string of the molecule is NCCCC(=O)N(Cc1ccccc1)CC1CCC1. The molecule has 0 heterocycles. The van der Waals surface area contributed by atoms with Gasteiger partial charge in [-0.3, -0.25) is 4.79 Å². The molecule has 0 aromatic heterocycles. The van der Waals surface area contributed by atoms with Gasteiger partial charge in [0.05, 0.1) is 0 Å². The van der Waals surface area contributed by atoms with Crippen LogP contribution in [-0.4, -0.2) is 23.9 Å². The Morgan fingerprint density at radius 3 is 2.58 bits per heavy atom. The van der Waals surface area contributed by atoms with Crippen molar-refractivity contribution in [3.8, 4) is 0 Å². The third-order valence-corrected chi connectivity index (χ3v) is 3.87. The summed E-state index contributed by atoms with van der Waals surface area (Å²) in [6.07, 6.45) is 5.23. The first-order valence-electron chi connectivity index (χ1n) is 7.31. The highest BCUT2D eigenvalue weighted by molar-refractivity contribution is 5.76. The molecule has 1 aromatic rings. The van der Waals surface area contributed by atoms with Crippen LogP contribution in [0, 0.1) is 5.92 Å². The quantitative estimate of drug-likeness (QED) is 0.819. The molecular formula is C16H24N2O. The van der Waals surface area contributed by atoms with E-state index in [-0.39, 0.29) is 5.91 Å². The second kappa shape index (κ2) is 7.29. The van der Waals surface area contributed by atoms with E-state index in [0.29, 0.717) is 18.9 Å². The summed E-state index contributed by atoms with van der Waals surface area (Å²) in [6, 6.07) is 10.2. The Kier molecular flexibility index (Phi) is 5.40. The number of amides is 1. The lowest BCUT2D eigenvalue weighted by Crippen LogP contribution is -2.37. The maximum atomic E-state index is 12.3. The van der Waals surface area contributed by atoms with Gasteiger partial charge in [0, 0.05) is 19.5 Å². The molecule has 1 aliphatic rings. The average Bonchev–Trinajstić information content (AvgIpc) is 2.39. The topological polar surface area (TPSA) is 46.3 Å². The Balaban J connectivity index is 1.94. The molecule has 3 heteroatoms. The normalized spacial score (nSPS) is 15.0. The van der Waals surface area contributed by atoms with Gasteiger partial charge in [-0.05, 0) is 37.3 Å². The molecule has 0 atom stereocenters. The van der Waals surface area contributed by atoms with Gasteiger partial charge in [0.2, 0.25) is 5.91 Å². The fraction of sp³-hybridized carbons (Fsp3) is 0.562. The van der Waals surface area contributed by atoms with Gasteiger partial charge >= 0.3 is 0 Å². The summed E-state index contributed by atoms with van der Waals surface area (Å²) < 4.78 is 0. The van der Waals surface area contributed by atoms with Crippen LogP contribution >= 0.6 is 0 Å². The number of rotatable bonds is 7. The first-order valence-corrected chi connectivity index (χ1v) is 7.31. The molecular weight excluding hydrogens is 236 g/mol. The van der Waals surface area contributed by atoms with Gasteiger partial charge in [-0.15, -0.1) is 0 Å². The number of hydrogen-bond donors (Lipinski definition) is 1. The van der Waals surface area contributed by atoms with E-state index >= 15 is 0 Å². The van der Waals surface area contributed by atoms with Crippen LogP contribution in [0.2, 0.25) is 0 Å². The molecule has 104 valence electrons. The summed E-state index contributed by atoms with van der Waals surface area (Å²) in [5.41, 5.74) is 6.71. The number of carbonyl (C=O) groups is 1. The molecule has 0 aliphatic heterocycles. The van der Waals surface area contributed by atoms with Crippen molar-refractivity contribution in [1.82, 2.24) is 4.90 Å². The van der Waals surface area contributed by atoms with Gasteiger partial charge in [-0.25, -0.2) is 0 Å². The van der Waals surface area contributed by atoms with Crippen molar-refractivity contribution in [1.29, 1.82) is 0 Å². The zero-order valence-corrected chi connectivity index (χ0v) is 11.6. The van der Waals surface area contributed by atoms with Crippen molar-refractivity contribution < 1.29 is 4.79 Å². The van der Waals surface area contributed by atoms with E-state index in [4.69, 9.17) is 5.73 Å². The molecule has 2 rings (SSSR count). The molecule has 19 heavy (non-hydrogen) atoms. The zero-order valence-electron chi connectivity index (χ0n) is 11.6. The summed E-state index contributed by atoms with van der Waals surface area (Å²) in [7, 11) is 0. The number of nitrogens with zero attached hydrogens (tertiary/aromatic N) is 1. The van der Waals surface area contributed by atoms with Crippen LogP contribution in [0.3, 0.4) is 0 Å². The van der Waals surface area contributed by atoms with E-state index in [1.165, 1.54) is 24.8 Å². The molecule has 0 radical (unpaired) electrons. The van der Waals surface area contributed by atoms with Gasteiger partial charge < -0.3 is 10.6 Å². The van der Waals surface area contributed by atoms with Crippen LogP contribution in [0.25, 0.3) is 0 Å². The summed E-state index contributed by atoms with van der Waals surface area (Å²) >= 11 is 0. The molecule has 3 nitrogen and oxygen atoms in total. The number of nitrogens with two attached hydrogens (primary N) is 1. The molecule has 1 fully saturated rings. The standard InChI is InChI=1S/C16H24N2O/c17-11-5-10-16(19)18(13-15-8-4-9-15)12-14-6-2-1-3-7-14/h1-3,6-7,15H,4-5,8-13,17H2. The van der Waals surface area contributed by atoms with Crippen molar-refractivity contribution in [2.75, 3.05) is 13.1 Å². The highest BCUT2D eigenvalue weighted by atomic mass is 16.2. The molecule has 0 spiro atoms.